The third-order valence-corrected chi connectivity index (χ3v) is 9.51. The summed E-state index contributed by atoms with van der Waals surface area (Å²) in [6, 6.07) is -0.771. The number of unbranched alkanes of at least 4 members (excludes halogenated alkanes) is 21. The molecule has 1 amide bonds. The van der Waals surface area contributed by atoms with Crippen LogP contribution in [0.15, 0.2) is 60.8 Å². The van der Waals surface area contributed by atoms with Crippen molar-refractivity contribution in [2.75, 3.05) is 6.61 Å². The Balaban J connectivity index is 3.72. The summed E-state index contributed by atoms with van der Waals surface area (Å²) in [4.78, 5) is 12.4. The molecule has 0 fully saturated rings. The van der Waals surface area contributed by atoms with Gasteiger partial charge in [0.05, 0.1) is 31.3 Å². The highest BCUT2D eigenvalue weighted by Crippen LogP contribution is 2.13. The van der Waals surface area contributed by atoms with E-state index in [-0.39, 0.29) is 18.9 Å². The number of rotatable bonds is 38. The maximum atomic E-state index is 12.4. The van der Waals surface area contributed by atoms with Crippen LogP contribution in [0.5, 0.6) is 0 Å². The first-order valence-electron chi connectivity index (χ1n) is 21.6. The van der Waals surface area contributed by atoms with Crippen LogP contribution >= 0.6 is 0 Å². The average Bonchev–Trinajstić information content (AvgIpc) is 3.12. The Morgan fingerprint density at radius 1 is 0.510 bits per heavy atom. The van der Waals surface area contributed by atoms with Crippen molar-refractivity contribution < 1.29 is 20.1 Å². The minimum absolute atomic E-state index is 0.00568. The molecule has 0 saturated carbocycles. The lowest BCUT2D eigenvalue weighted by atomic mass is 10.0. The highest BCUT2D eigenvalue weighted by molar-refractivity contribution is 5.76. The summed E-state index contributed by atoms with van der Waals surface area (Å²) in [5, 5.41) is 33.1. The van der Waals surface area contributed by atoms with Crippen molar-refractivity contribution in [2.45, 2.75) is 218 Å². The third-order valence-electron chi connectivity index (χ3n) is 9.51. The number of amides is 1. The Hall–Kier alpha value is -1.95. The Kier molecular flexibility index (Phi) is 39.3. The molecule has 0 aliphatic heterocycles. The van der Waals surface area contributed by atoms with Crippen LogP contribution in [0.1, 0.15) is 200 Å². The lowest BCUT2D eigenvalue weighted by Gasteiger charge is -2.21. The second-order valence-electron chi connectivity index (χ2n) is 14.6. The van der Waals surface area contributed by atoms with E-state index in [4.69, 9.17) is 0 Å². The van der Waals surface area contributed by atoms with Gasteiger partial charge in [0.15, 0.2) is 0 Å². The molecule has 0 bridgehead atoms. The number of aliphatic hydroxyl groups excluding tert-OH is 3. The number of allylic oxidation sites excluding steroid dienone is 9. The van der Waals surface area contributed by atoms with Crippen LogP contribution in [0.2, 0.25) is 0 Å². The number of hydrogen-bond acceptors (Lipinski definition) is 4. The molecule has 0 aromatic rings. The van der Waals surface area contributed by atoms with E-state index in [1.165, 1.54) is 122 Å². The molecule has 0 aliphatic rings. The summed E-state index contributed by atoms with van der Waals surface area (Å²) in [6.45, 7) is 4.15. The SMILES string of the molecule is CCCCC/C=C/CC/C=C/CC/C=C/C(O)C(CO)NC(=O)CC(O)CCCCCCCCC/C=C\C/C=C\CCCCCCCCCCC. The van der Waals surface area contributed by atoms with Crippen LogP contribution in [0, 0.1) is 0 Å². The molecule has 3 atom stereocenters. The van der Waals surface area contributed by atoms with Crippen LogP contribution in [-0.4, -0.2) is 46.1 Å². The summed E-state index contributed by atoms with van der Waals surface area (Å²) < 4.78 is 0. The predicted molar refractivity (Wildman–Crippen MR) is 222 cm³/mol. The first-order valence-corrected chi connectivity index (χ1v) is 21.6. The van der Waals surface area contributed by atoms with E-state index < -0.39 is 18.2 Å². The van der Waals surface area contributed by atoms with E-state index in [9.17, 15) is 20.1 Å². The summed E-state index contributed by atoms with van der Waals surface area (Å²) in [5.74, 6) is -0.337. The van der Waals surface area contributed by atoms with E-state index in [1.54, 1.807) is 6.08 Å². The lowest BCUT2D eigenvalue weighted by Crippen LogP contribution is -2.45. The van der Waals surface area contributed by atoms with Gasteiger partial charge in [0.25, 0.3) is 0 Å². The quantitative estimate of drug-likeness (QED) is 0.0379. The van der Waals surface area contributed by atoms with Crippen LogP contribution in [0.4, 0.5) is 0 Å². The van der Waals surface area contributed by atoms with Gasteiger partial charge >= 0.3 is 0 Å². The van der Waals surface area contributed by atoms with Gasteiger partial charge in [-0.25, -0.2) is 0 Å². The number of carbonyl (C=O) groups is 1. The molecule has 5 nitrogen and oxygen atoms in total. The normalized spacial score (nSPS) is 14.2. The fourth-order valence-corrected chi connectivity index (χ4v) is 6.16. The minimum Gasteiger partial charge on any atom is -0.394 e. The minimum atomic E-state index is -0.963. The van der Waals surface area contributed by atoms with Crippen molar-refractivity contribution in [2.24, 2.45) is 0 Å². The maximum Gasteiger partial charge on any atom is 0.222 e. The van der Waals surface area contributed by atoms with Crippen molar-refractivity contribution in [3.63, 3.8) is 0 Å². The van der Waals surface area contributed by atoms with Crippen molar-refractivity contribution in [1.82, 2.24) is 5.32 Å². The molecule has 0 radical (unpaired) electrons. The first kappa shape index (κ1) is 49.0. The Bertz CT molecular complexity index is 876. The Morgan fingerprint density at radius 2 is 0.902 bits per heavy atom. The molecule has 0 rings (SSSR count). The van der Waals surface area contributed by atoms with Crippen LogP contribution in [-0.2, 0) is 4.79 Å². The molecular formula is C46H83NO4. The number of aliphatic hydroxyl groups is 3. The Morgan fingerprint density at radius 3 is 1.41 bits per heavy atom. The molecule has 5 heteroatoms. The fraction of sp³-hybridized carbons (Fsp3) is 0.761. The standard InChI is InChI=1S/C46H83NO4/c1-3-5-7-9-11-13-15-17-18-19-20-21-22-23-24-25-26-28-29-31-33-35-37-39-43(49)41-46(51)47-44(42-48)45(50)40-38-36-34-32-30-27-16-14-12-10-8-6-4-2/h12,14,20-21,23-24,30,32,38,40,43-45,48-50H,3-11,13,15-19,22,25-29,31,33-37,39,41-42H2,1-2H3,(H,47,51)/b14-12+,21-20-,24-23-,32-30+,40-38+. The van der Waals surface area contributed by atoms with Gasteiger partial charge in [-0.3, -0.25) is 4.79 Å². The zero-order chi connectivity index (χ0) is 37.3. The molecule has 0 aliphatic carbocycles. The summed E-state index contributed by atoms with van der Waals surface area (Å²) >= 11 is 0. The van der Waals surface area contributed by atoms with E-state index in [1.807, 2.05) is 6.08 Å². The highest BCUT2D eigenvalue weighted by Gasteiger charge is 2.20. The topological polar surface area (TPSA) is 89.8 Å². The number of hydrogen-bond donors (Lipinski definition) is 4. The van der Waals surface area contributed by atoms with Gasteiger partial charge in [0.1, 0.15) is 0 Å². The zero-order valence-electron chi connectivity index (χ0n) is 33.5. The van der Waals surface area contributed by atoms with Gasteiger partial charge in [0, 0.05) is 0 Å². The fourth-order valence-electron chi connectivity index (χ4n) is 6.16. The molecule has 0 aromatic heterocycles. The van der Waals surface area contributed by atoms with E-state index in [0.717, 1.165) is 51.4 Å². The smallest absolute Gasteiger partial charge is 0.222 e. The molecule has 0 heterocycles. The second kappa shape index (κ2) is 40.8. The first-order chi connectivity index (χ1) is 25.0. The van der Waals surface area contributed by atoms with Crippen molar-refractivity contribution >= 4 is 5.91 Å². The number of nitrogens with one attached hydrogen (secondary N) is 1. The third kappa shape index (κ3) is 37.6. The Labute approximate surface area is 316 Å². The van der Waals surface area contributed by atoms with Gasteiger partial charge in [-0.15, -0.1) is 0 Å². The molecule has 3 unspecified atom stereocenters. The van der Waals surface area contributed by atoms with Crippen LogP contribution in [0.3, 0.4) is 0 Å². The lowest BCUT2D eigenvalue weighted by molar-refractivity contribution is -0.124. The average molecular weight is 714 g/mol. The second-order valence-corrected chi connectivity index (χ2v) is 14.6. The van der Waals surface area contributed by atoms with Gasteiger partial charge in [0.2, 0.25) is 5.91 Å². The van der Waals surface area contributed by atoms with Gasteiger partial charge in [-0.05, 0) is 77.0 Å². The van der Waals surface area contributed by atoms with E-state index in [0.29, 0.717) is 6.42 Å². The van der Waals surface area contributed by atoms with Crippen LogP contribution < -0.4 is 5.32 Å². The summed E-state index contributed by atoms with van der Waals surface area (Å²) in [5.41, 5.74) is 0. The number of carbonyl (C=O) groups excluding carboxylic acids is 1. The largest absolute Gasteiger partial charge is 0.394 e. The van der Waals surface area contributed by atoms with Crippen molar-refractivity contribution in [3.05, 3.63) is 60.8 Å². The zero-order valence-corrected chi connectivity index (χ0v) is 33.5. The summed E-state index contributed by atoms with van der Waals surface area (Å²) in [6.07, 6.45) is 53.6. The molecule has 0 aromatic carbocycles. The molecule has 0 saturated heterocycles. The summed E-state index contributed by atoms with van der Waals surface area (Å²) in [7, 11) is 0. The van der Waals surface area contributed by atoms with Crippen LogP contribution in [0.25, 0.3) is 0 Å². The van der Waals surface area contributed by atoms with Gasteiger partial charge in [-0.2, -0.15) is 0 Å². The molecular weight excluding hydrogens is 631 g/mol. The van der Waals surface area contributed by atoms with E-state index in [2.05, 4.69) is 67.8 Å². The molecule has 0 spiro atoms. The molecule has 296 valence electrons. The van der Waals surface area contributed by atoms with E-state index >= 15 is 0 Å². The molecule has 4 N–H and O–H groups in total. The maximum absolute atomic E-state index is 12.4. The highest BCUT2D eigenvalue weighted by atomic mass is 16.3. The van der Waals surface area contributed by atoms with Crippen molar-refractivity contribution in [3.8, 4) is 0 Å². The van der Waals surface area contributed by atoms with Crippen molar-refractivity contribution in [1.29, 1.82) is 0 Å². The monoisotopic (exact) mass is 714 g/mol. The molecule has 51 heavy (non-hydrogen) atoms. The van der Waals surface area contributed by atoms with Gasteiger partial charge in [-0.1, -0.05) is 177 Å². The van der Waals surface area contributed by atoms with Gasteiger partial charge < -0.3 is 20.6 Å². The predicted octanol–water partition coefficient (Wildman–Crippen LogP) is 12.3.